The van der Waals surface area contributed by atoms with Crippen LogP contribution in [0.15, 0.2) is 54.6 Å². The number of H-pyrrole nitrogens is 1. The predicted octanol–water partition coefficient (Wildman–Crippen LogP) is 2.37. The van der Waals surface area contributed by atoms with Crippen LogP contribution in [-0.4, -0.2) is 112 Å². The minimum absolute atomic E-state index is 0.153. The second kappa shape index (κ2) is 12.8. The van der Waals surface area contributed by atoms with E-state index in [1.807, 2.05) is 45.3 Å². The zero-order valence-electron chi connectivity index (χ0n) is 25.6. The van der Waals surface area contributed by atoms with E-state index in [0.29, 0.717) is 29.0 Å². The summed E-state index contributed by atoms with van der Waals surface area (Å²) in [6, 6.07) is 16.2. The van der Waals surface area contributed by atoms with Gasteiger partial charge in [0.25, 0.3) is 5.91 Å². The van der Waals surface area contributed by atoms with Gasteiger partial charge in [0.15, 0.2) is 0 Å². The van der Waals surface area contributed by atoms with Crippen molar-refractivity contribution < 1.29 is 39.5 Å². The second-order valence-electron chi connectivity index (χ2n) is 12.1. The van der Waals surface area contributed by atoms with Gasteiger partial charge in [-0.15, -0.1) is 11.6 Å². The van der Waals surface area contributed by atoms with Crippen molar-refractivity contribution in [3.8, 4) is 5.75 Å². The fraction of sp³-hybridized carbons (Fsp3) is 0.394. The lowest BCUT2D eigenvalue weighted by Crippen LogP contribution is -2.60. The first-order valence-corrected chi connectivity index (χ1v) is 15.5. The quantitative estimate of drug-likeness (QED) is 0.157. The van der Waals surface area contributed by atoms with Crippen molar-refractivity contribution in [3.63, 3.8) is 0 Å². The molecule has 0 saturated carbocycles. The Labute approximate surface area is 270 Å². The first-order chi connectivity index (χ1) is 22.0. The lowest BCUT2D eigenvalue weighted by molar-refractivity contribution is -0.277. The number of nitrogens with one attached hydrogen (secondary N) is 2. The molecule has 1 saturated heterocycles. The summed E-state index contributed by atoms with van der Waals surface area (Å²) >= 11 is 6.72. The number of ether oxygens (including phenoxy) is 2. The Morgan fingerprint density at radius 3 is 2.52 bits per heavy atom. The number of aromatic amines is 1. The molecule has 6 N–H and O–H groups in total. The lowest BCUT2D eigenvalue weighted by atomic mass is 9.92. The van der Waals surface area contributed by atoms with Gasteiger partial charge >= 0.3 is 0 Å². The molecule has 3 unspecified atom stereocenters. The number of halogens is 1. The van der Waals surface area contributed by atoms with Crippen molar-refractivity contribution in [2.45, 2.75) is 48.9 Å². The standard InChI is InChI=1S/C33H37ClN4O8/c1-16(34)21-13-38(32(44)23-11-17-10-18(8-9-22(17)36-23)35-27(40)14-37(2)3)24-12-25(19-6-4-5-7-20(19)28(21)24)45-33-31(43)30(42)29(41)26(15-39)46-33/h4-12,16,21,26,29-31,33,36,39,41-43H,13-15H2,1-3H3,(H,35,40)/t16-,21+,26?,29+,30?,31?,33-/m1/s1. The van der Waals surface area contributed by atoms with Crippen molar-refractivity contribution in [2.75, 3.05) is 44.0 Å². The molecule has 2 aliphatic heterocycles. The normalized spacial score (nSPS) is 25.2. The van der Waals surface area contributed by atoms with E-state index in [9.17, 15) is 30.0 Å². The minimum atomic E-state index is -1.61. The monoisotopic (exact) mass is 652 g/mol. The summed E-state index contributed by atoms with van der Waals surface area (Å²) < 4.78 is 11.8. The molecule has 6 rings (SSSR count). The van der Waals surface area contributed by atoms with Gasteiger partial charge in [0.2, 0.25) is 12.2 Å². The Kier molecular flexibility index (Phi) is 8.96. The summed E-state index contributed by atoms with van der Waals surface area (Å²) in [5.41, 5.74) is 3.11. The third kappa shape index (κ3) is 5.93. The van der Waals surface area contributed by atoms with E-state index in [0.717, 1.165) is 21.9 Å². The number of amides is 2. The zero-order chi connectivity index (χ0) is 32.9. The van der Waals surface area contributed by atoms with Crippen LogP contribution in [0.2, 0.25) is 0 Å². The highest BCUT2D eigenvalue weighted by atomic mass is 35.5. The highest BCUT2D eigenvalue weighted by Crippen LogP contribution is 2.48. The first kappa shape index (κ1) is 32.2. The molecule has 7 atom stereocenters. The van der Waals surface area contributed by atoms with Gasteiger partial charge in [-0.1, -0.05) is 24.3 Å². The zero-order valence-corrected chi connectivity index (χ0v) is 26.3. The van der Waals surface area contributed by atoms with E-state index in [1.165, 1.54) is 0 Å². The van der Waals surface area contributed by atoms with E-state index in [-0.39, 0.29) is 35.4 Å². The third-order valence-corrected chi connectivity index (χ3v) is 8.86. The Morgan fingerprint density at radius 1 is 1.09 bits per heavy atom. The van der Waals surface area contributed by atoms with Gasteiger partial charge in [0.05, 0.1) is 18.8 Å². The van der Waals surface area contributed by atoms with Crippen LogP contribution < -0.4 is 15.0 Å². The van der Waals surface area contributed by atoms with E-state index in [4.69, 9.17) is 21.1 Å². The molecule has 13 heteroatoms. The maximum absolute atomic E-state index is 14.2. The Balaban J connectivity index is 1.37. The number of aliphatic hydroxyl groups excluding tert-OH is 4. The number of anilines is 2. The molecule has 12 nitrogen and oxygen atoms in total. The van der Waals surface area contributed by atoms with Crippen LogP contribution in [0.1, 0.15) is 28.9 Å². The fourth-order valence-electron chi connectivity index (χ4n) is 6.26. The number of hydrogen-bond donors (Lipinski definition) is 6. The summed E-state index contributed by atoms with van der Waals surface area (Å²) in [6.07, 6.45) is -7.31. The van der Waals surface area contributed by atoms with Crippen LogP contribution in [0.25, 0.3) is 21.7 Å². The van der Waals surface area contributed by atoms with Crippen molar-refractivity contribution >= 4 is 56.5 Å². The van der Waals surface area contributed by atoms with E-state index in [1.54, 1.807) is 40.1 Å². The number of fused-ring (bicyclic) bond motifs is 4. The molecular weight excluding hydrogens is 616 g/mol. The third-order valence-electron chi connectivity index (χ3n) is 8.55. The van der Waals surface area contributed by atoms with Crippen LogP contribution in [0.4, 0.5) is 11.4 Å². The van der Waals surface area contributed by atoms with Crippen molar-refractivity contribution in [1.82, 2.24) is 9.88 Å². The SMILES string of the molecule is C[C@@H](Cl)[C@@H]1CN(C(=O)c2cc3cc(NC(=O)CN(C)C)ccc3[nH]2)c2cc(O[C@@H]3OC(CO)[C@H](O)C(O)C3O)c3ccccc3c21. The van der Waals surface area contributed by atoms with Crippen LogP contribution in [0, 0.1) is 0 Å². The number of carbonyl (C=O) groups is 2. The summed E-state index contributed by atoms with van der Waals surface area (Å²) in [5, 5.41) is 45.7. The van der Waals surface area contributed by atoms with E-state index in [2.05, 4.69) is 10.3 Å². The number of aliphatic hydroxyl groups is 4. The van der Waals surface area contributed by atoms with Crippen LogP contribution in [0.3, 0.4) is 0 Å². The van der Waals surface area contributed by atoms with Crippen molar-refractivity contribution in [3.05, 3.63) is 65.9 Å². The van der Waals surface area contributed by atoms with Gasteiger partial charge in [-0.05, 0) is 56.2 Å². The Hall–Kier alpha value is -3.75. The van der Waals surface area contributed by atoms with Crippen LogP contribution in [-0.2, 0) is 9.53 Å². The molecule has 3 aromatic carbocycles. The lowest BCUT2D eigenvalue weighted by Gasteiger charge is -2.39. The second-order valence-corrected chi connectivity index (χ2v) is 12.8. The first-order valence-electron chi connectivity index (χ1n) is 15.0. The molecule has 2 amide bonds. The number of alkyl halides is 1. The topological polar surface area (TPSA) is 168 Å². The van der Waals surface area contributed by atoms with Gasteiger partial charge in [-0.2, -0.15) is 0 Å². The number of aromatic nitrogens is 1. The van der Waals surface area contributed by atoms with Crippen LogP contribution >= 0.6 is 11.6 Å². The molecule has 0 spiro atoms. The average Bonchev–Trinajstić information content (AvgIpc) is 3.62. The van der Waals surface area contributed by atoms with Gasteiger partial charge in [0.1, 0.15) is 35.9 Å². The van der Waals surface area contributed by atoms with Crippen molar-refractivity contribution in [1.29, 1.82) is 0 Å². The fourth-order valence-corrected chi connectivity index (χ4v) is 6.47. The predicted molar refractivity (Wildman–Crippen MR) is 174 cm³/mol. The Morgan fingerprint density at radius 2 is 1.83 bits per heavy atom. The summed E-state index contributed by atoms with van der Waals surface area (Å²) in [5.74, 6) is -0.395. The van der Waals surface area contributed by atoms with Crippen LogP contribution in [0.5, 0.6) is 5.75 Å². The Bertz CT molecular complexity index is 1780. The smallest absolute Gasteiger partial charge is 0.274 e. The number of likely N-dealkylation sites (N-methyl/N-ethyl adjacent to an activating group) is 1. The molecule has 0 aliphatic carbocycles. The van der Waals surface area contributed by atoms with Gasteiger partial charge in [-0.3, -0.25) is 9.59 Å². The van der Waals surface area contributed by atoms with Crippen molar-refractivity contribution in [2.24, 2.45) is 0 Å². The largest absolute Gasteiger partial charge is 0.461 e. The van der Waals surface area contributed by atoms with Gasteiger partial charge < -0.3 is 50.0 Å². The summed E-state index contributed by atoms with van der Waals surface area (Å²) in [7, 11) is 3.62. The molecular formula is C33H37ClN4O8. The molecule has 4 aromatic rings. The molecule has 2 aliphatic rings. The number of benzene rings is 3. The molecule has 0 radical (unpaired) electrons. The highest BCUT2D eigenvalue weighted by molar-refractivity contribution is 6.22. The summed E-state index contributed by atoms with van der Waals surface area (Å²) in [4.78, 5) is 33.0. The van der Waals surface area contributed by atoms with Gasteiger partial charge in [0, 0.05) is 45.9 Å². The molecule has 1 aromatic heterocycles. The maximum atomic E-state index is 14.2. The average molecular weight is 653 g/mol. The van der Waals surface area contributed by atoms with E-state index >= 15 is 0 Å². The molecule has 3 heterocycles. The molecule has 46 heavy (non-hydrogen) atoms. The summed E-state index contributed by atoms with van der Waals surface area (Å²) in [6.45, 7) is 1.82. The highest BCUT2D eigenvalue weighted by Gasteiger charge is 2.45. The number of hydrogen-bond acceptors (Lipinski definition) is 9. The molecule has 0 bridgehead atoms. The molecule has 1 fully saturated rings. The maximum Gasteiger partial charge on any atom is 0.274 e. The minimum Gasteiger partial charge on any atom is -0.461 e. The number of rotatable bonds is 8. The number of carbonyl (C=O) groups excluding carboxylic acids is 2. The van der Waals surface area contributed by atoms with E-state index < -0.39 is 37.3 Å². The molecule has 244 valence electrons. The van der Waals surface area contributed by atoms with Gasteiger partial charge in [-0.25, -0.2) is 0 Å². The number of nitrogens with zero attached hydrogens (tertiary/aromatic N) is 2.